The molecule has 0 saturated heterocycles. The fraction of sp³-hybridized carbons (Fsp3) is 0.125. The number of hydrogen-bond donors (Lipinski definition) is 2. The van der Waals surface area contributed by atoms with Crippen LogP contribution in [0.5, 0.6) is 5.75 Å². The third kappa shape index (κ3) is 2.03. The van der Waals surface area contributed by atoms with Crippen molar-refractivity contribution < 1.29 is 10.3 Å². The van der Waals surface area contributed by atoms with Crippen molar-refractivity contribution in [2.45, 2.75) is 13.3 Å². The van der Waals surface area contributed by atoms with E-state index in [0.29, 0.717) is 15.7 Å². The molecule has 1 aromatic carbocycles. The highest BCUT2D eigenvalue weighted by atomic mass is 16.5. The molecule has 0 aliphatic rings. The zero-order valence-electron chi connectivity index (χ0n) is 11.4. The van der Waals surface area contributed by atoms with Gasteiger partial charge in [-0.25, -0.2) is 4.98 Å². The highest BCUT2D eigenvalue weighted by Crippen LogP contribution is 2.32. The summed E-state index contributed by atoms with van der Waals surface area (Å²) < 4.78 is 0.483. The smallest absolute Gasteiger partial charge is 0.296 e. The van der Waals surface area contributed by atoms with Crippen LogP contribution in [0.25, 0.3) is 22.2 Å². The molecular weight excluding hydrogens is 268 g/mol. The monoisotopic (exact) mass is 282 g/mol. The lowest BCUT2D eigenvalue weighted by Gasteiger charge is -2.10. The number of fused-ring (bicyclic) bond motifs is 1. The summed E-state index contributed by atoms with van der Waals surface area (Å²) in [7, 11) is 0. The van der Waals surface area contributed by atoms with Crippen molar-refractivity contribution in [2.24, 2.45) is 0 Å². The topological polar surface area (TPSA) is 75.4 Å². The van der Waals surface area contributed by atoms with Crippen LogP contribution in [-0.2, 0) is 6.42 Å². The summed E-state index contributed by atoms with van der Waals surface area (Å²) in [4.78, 5) is 16.3. The van der Waals surface area contributed by atoms with Crippen molar-refractivity contribution in [2.75, 3.05) is 0 Å². The Morgan fingerprint density at radius 1 is 1.24 bits per heavy atom. The highest BCUT2D eigenvalue weighted by Gasteiger charge is 2.18. The Labute approximate surface area is 120 Å². The molecule has 2 aromatic heterocycles. The average Bonchev–Trinajstić information content (AvgIpc) is 2.53. The Morgan fingerprint density at radius 2 is 1.95 bits per heavy atom. The van der Waals surface area contributed by atoms with Gasteiger partial charge in [0.25, 0.3) is 5.56 Å². The number of hydrogen-bond acceptors (Lipinski definition) is 4. The van der Waals surface area contributed by atoms with Gasteiger partial charge in [0.2, 0.25) is 0 Å². The van der Waals surface area contributed by atoms with Gasteiger partial charge >= 0.3 is 0 Å². The van der Waals surface area contributed by atoms with Crippen LogP contribution in [0.3, 0.4) is 0 Å². The van der Waals surface area contributed by atoms with Gasteiger partial charge in [-0.1, -0.05) is 37.3 Å². The standard InChI is InChI=1S/C16H14N2O3/c1-2-10-8-12-14(19)13(11-6-4-3-5-7-11)16(20)18(21)15(12)17-9-10/h3-9,19,21H,2H2,1H3. The first-order valence-corrected chi connectivity index (χ1v) is 6.64. The Bertz CT molecular complexity index is 870. The minimum Gasteiger partial charge on any atom is -0.506 e. The average molecular weight is 282 g/mol. The molecule has 0 unspecified atom stereocenters. The van der Waals surface area contributed by atoms with E-state index in [1.54, 1.807) is 36.5 Å². The number of rotatable bonds is 2. The molecule has 5 nitrogen and oxygen atoms in total. The molecule has 5 heteroatoms. The van der Waals surface area contributed by atoms with Gasteiger partial charge in [0.05, 0.1) is 10.9 Å². The molecule has 106 valence electrons. The fourth-order valence-corrected chi connectivity index (χ4v) is 2.34. The van der Waals surface area contributed by atoms with Crippen molar-refractivity contribution in [3.05, 3.63) is 58.5 Å². The van der Waals surface area contributed by atoms with Crippen molar-refractivity contribution in [1.29, 1.82) is 0 Å². The summed E-state index contributed by atoms with van der Waals surface area (Å²) in [5.74, 6) is -0.158. The third-order valence-corrected chi connectivity index (χ3v) is 3.49. The van der Waals surface area contributed by atoms with Crippen molar-refractivity contribution in [1.82, 2.24) is 9.71 Å². The number of nitrogens with zero attached hydrogens (tertiary/aromatic N) is 2. The first kappa shape index (κ1) is 13.2. The first-order chi connectivity index (χ1) is 10.1. The molecule has 0 saturated carbocycles. The molecule has 0 bridgehead atoms. The lowest BCUT2D eigenvalue weighted by atomic mass is 10.0. The lowest BCUT2D eigenvalue weighted by Crippen LogP contribution is -2.21. The SMILES string of the molecule is CCc1cnc2c(c1)c(O)c(-c1ccccc1)c(=O)n2O. The van der Waals surface area contributed by atoms with E-state index in [4.69, 9.17) is 0 Å². The van der Waals surface area contributed by atoms with Crippen LogP contribution in [0.15, 0.2) is 47.4 Å². The van der Waals surface area contributed by atoms with Crippen molar-refractivity contribution in [3.63, 3.8) is 0 Å². The van der Waals surface area contributed by atoms with Gasteiger partial charge in [0.1, 0.15) is 5.75 Å². The van der Waals surface area contributed by atoms with Crippen LogP contribution in [0.1, 0.15) is 12.5 Å². The normalized spacial score (nSPS) is 10.9. The van der Waals surface area contributed by atoms with E-state index >= 15 is 0 Å². The number of aryl methyl sites for hydroxylation is 1. The zero-order valence-corrected chi connectivity index (χ0v) is 11.4. The second-order valence-corrected chi connectivity index (χ2v) is 4.77. The molecule has 0 amide bonds. The fourth-order valence-electron chi connectivity index (χ4n) is 2.34. The van der Waals surface area contributed by atoms with Crippen LogP contribution in [0, 0.1) is 0 Å². The van der Waals surface area contributed by atoms with Crippen LogP contribution in [0.2, 0.25) is 0 Å². The van der Waals surface area contributed by atoms with Crippen LogP contribution >= 0.6 is 0 Å². The molecular formula is C16H14N2O3. The number of benzene rings is 1. The zero-order chi connectivity index (χ0) is 15.0. The van der Waals surface area contributed by atoms with Crippen LogP contribution in [-0.4, -0.2) is 20.0 Å². The molecule has 0 spiro atoms. The van der Waals surface area contributed by atoms with Gasteiger partial charge in [-0.3, -0.25) is 4.79 Å². The lowest BCUT2D eigenvalue weighted by molar-refractivity contribution is 0.186. The van der Waals surface area contributed by atoms with E-state index in [1.165, 1.54) is 0 Å². The van der Waals surface area contributed by atoms with Crippen molar-refractivity contribution in [3.8, 4) is 16.9 Å². The number of pyridine rings is 2. The second-order valence-electron chi connectivity index (χ2n) is 4.77. The molecule has 3 aromatic rings. The van der Waals surface area contributed by atoms with Gasteiger partial charge < -0.3 is 10.3 Å². The second kappa shape index (κ2) is 4.94. The van der Waals surface area contributed by atoms with Gasteiger partial charge in [-0.15, -0.1) is 4.73 Å². The largest absolute Gasteiger partial charge is 0.506 e. The van der Waals surface area contributed by atoms with Crippen LogP contribution in [0.4, 0.5) is 0 Å². The first-order valence-electron chi connectivity index (χ1n) is 6.64. The minimum atomic E-state index is -0.692. The van der Waals surface area contributed by atoms with E-state index < -0.39 is 5.56 Å². The maximum absolute atomic E-state index is 12.3. The predicted octanol–water partition coefficient (Wildman–Crippen LogP) is 2.57. The quantitative estimate of drug-likeness (QED) is 0.708. The summed E-state index contributed by atoms with van der Waals surface area (Å²) in [6.07, 6.45) is 2.32. The van der Waals surface area contributed by atoms with Gasteiger partial charge in [0.15, 0.2) is 5.65 Å². The van der Waals surface area contributed by atoms with E-state index in [1.807, 2.05) is 13.0 Å². The van der Waals surface area contributed by atoms with E-state index in [9.17, 15) is 15.1 Å². The third-order valence-electron chi connectivity index (χ3n) is 3.49. The predicted molar refractivity (Wildman–Crippen MR) is 79.7 cm³/mol. The summed E-state index contributed by atoms with van der Waals surface area (Å²) in [5, 5.41) is 20.8. The molecule has 2 heterocycles. The summed E-state index contributed by atoms with van der Waals surface area (Å²) in [6, 6.07) is 10.5. The highest BCUT2D eigenvalue weighted by molar-refractivity contribution is 5.90. The van der Waals surface area contributed by atoms with E-state index in [-0.39, 0.29) is 17.0 Å². The summed E-state index contributed by atoms with van der Waals surface area (Å²) in [6.45, 7) is 1.97. The molecule has 2 N–H and O–H groups in total. The maximum Gasteiger partial charge on any atom is 0.296 e. The van der Waals surface area contributed by atoms with Gasteiger partial charge in [0, 0.05) is 6.20 Å². The Balaban J connectivity index is 2.43. The Hall–Kier alpha value is -2.82. The molecule has 0 fully saturated rings. The molecule has 21 heavy (non-hydrogen) atoms. The van der Waals surface area contributed by atoms with Gasteiger partial charge in [-0.05, 0) is 23.6 Å². The molecule has 0 aliphatic heterocycles. The molecule has 0 radical (unpaired) electrons. The van der Waals surface area contributed by atoms with Crippen LogP contribution < -0.4 is 5.56 Å². The summed E-state index contributed by atoms with van der Waals surface area (Å²) in [5.41, 5.74) is 0.889. The number of aromatic hydroxyl groups is 1. The molecule has 0 atom stereocenters. The van der Waals surface area contributed by atoms with E-state index in [0.717, 1.165) is 12.0 Å². The maximum atomic E-state index is 12.3. The number of aromatic nitrogens is 2. The Kier molecular flexibility index (Phi) is 3.10. The Morgan fingerprint density at radius 3 is 2.62 bits per heavy atom. The summed E-state index contributed by atoms with van der Waals surface area (Å²) >= 11 is 0. The molecule has 3 rings (SSSR count). The minimum absolute atomic E-state index is 0.0504. The van der Waals surface area contributed by atoms with Gasteiger partial charge in [-0.2, -0.15) is 0 Å². The van der Waals surface area contributed by atoms with E-state index in [2.05, 4.69) is 4.98 Å². The molecule has 0 aliphatic carbocycles. The van der Waals surface area contributed by atoms with Crippen molar-refractivity contribution >= 4 is 11.0 Å².